The second-order valence-corrected chi connectivity index (χ2v) is 5.40. The molecule has 0 fully saturated rings. The van der Waals surface area contributed by atoms with Crippen LogP contribution in [0.4, 0.5) is 11.4 Å². The molecular weight excluding hydrogens is 320 g/mol. The van der Waals surface area contributed by atoms with Crippen molar-refractivity contribution in [2.75, 3.05) is 30.5 Å². The SMILES string of the molecule is COC(=O)c1ccccc1N(CC(=O)N(C)c1ccccc1)C(C)=O. The largest absolute Gasteiger partial charge is 0.465 e. The van der Waals surface area contributed by atoms with Crippen LogP contribution in [0, 0.1) is 0 Å². The Morgan fingerprint density at radius 2 is 1.56 bits per heavy atom. The molecule has 2 aromatic carbocycles. The number of amides is 2. The number of nitrogens with zero attached hydrogens (tertiary/aromatic N) is 2. The number of carbonyl (C=O) groups excluding carboxylic acids is 3. The number of benzene rings is 2. The molecule has 0 aliphatic rings. The summed E-state index contributed by atoms with van der Waals surface area (Å²) in [6, 6.07) is 15.7. The van der Waals surface area contributed by atoms with Gasteiger partial charge < -0.3 is 14.5 Å². The van der Waals surface area contributed by atoms with Crippen molar-refractivity contribution in [1.29, 1.82) is 0 Å². The van der Waals surface area contributed by atoms with E-state index in [1.54, 1.807) is 43.4 Å². The molecule has 2 rings (SSSR count). The summed E-state index contributed by atoms with van der Waals surface area (Å²) in [6.07, 6.45) is 0. The van der Waals surface area contributed by atoms with Crippen LogP contribution in [0.3, 0.4) is 0 Å². The normalized spacial score (nSPS) is 10.0. The van der Waals surface area contributed by atoms with Crippen molar-refractivity contribution in [3.63, 3.8) is 0 Å². The lowest BCUT2D eigenvalue weighted by molar-refractivity contribution is -0.121. The smallest absolute Gasteiger partial charge is 0.339 e. The Balaban J connectivity index is 2.30. The summed E-state index contributed by atoms with van der Waals surface area (Å²) in [4.78, 5) is 39.4. The van der Waals surface area contributed by atoms with Crippen molar-refractivity contribution in [2.24, 2.45) is 0 Å². The number of methoxy groups -OCH3 is 1. The minimum Gasteiger partial charge on any atom is -0.465 e. The molecule has 0 radical (unpaired) electrons. The minimum absolute atomic E-state index is 0.186. The third-order valence-electron chi connectivity index (χ3n) is 3.79. The van der Waals surface area contributed by atoms with E-state index in [1.165, 1.54) is 23.8 Å². The molecule has 0 aliphatic carbocycles. The van der Waals surface area contributed by atoms with Crippen LogP contribution in [-0.2, 0) is 14.3 Å². The van der Waals surface area contributed by atoms with Gasteiger partial charge in [-0.15, -0.1) is 0 Å². The second-order valence-electron chi connectivity index (χ2n) is 5.40. The topological polar surface area (TPSA) is 66.9 Å². The Morgan fingerprint density at radius 1 is 0.960 bits per heavy atom. The van der Waals surface area contributed by atoms with Gasteiger partial charge in [-0.25, -0.2) is 4.79 Å². The molecule has 6 nitrogen and oxygen atoms in total. The van der Waals surface area contributed by atoms with Gasteiger partial charge in [0.1, 0.15) is 6.54 Å². The summed E-state index contributed by atoms with van der Waals surface area (Å²) in [5, 5.41) is 0. The predicted octanol–water partition coefficient (Wildman–Crippen LogP) is 2.49. The van der Waals surface area contributed by atoms with Crippen molar-refractivity contribution in [3.8, 4) is 0 Å². The molecule has 25 heavy (non-hydrogen) atoms. The van der Waals surface area contributed by atoms with Gasteiger partial charge in [0.25, 0.3) is 0 Å². The van der Waals surface area contributed by atoms with Crippen molar-refractivity contribution < 1.29 is 19.1 Å². The van der Waals surface area contributed by atoms with Crippen LogP contribution in [0.1, 0.15) is 17.3 Å². The van der Waals surface area contributed by atoms with Crippen LogP contribution in [-0.4, -0.2) is 38.5 Å². The fourth-order valence-corrected chi connectivity index (χ4v) is 2.39. The van der Waals surface area contributed by atoms with Crippen molar-refractivity contribution in [1.82, 2.24) is 0 Å². The number of rotatable bonds is 5. The lowest BCUT2D eigenvalue weighted by Gasteiger charge is -2.25. The van der Waals surface area contributed by atoms with Gasteiger partial charge in [0.15, 0.2) is 0 Å². The lowest BCUT2D eigenvalue weighted by Crippen LogP contribution is -2.41. The maximum Gasteiger partial charge on any atom is 0.339 e. The Bertz CT molecular complexity index is 774. The van der Waals surface area contributed by atoms with Crippen LogP contribution in [0.25, 0.3) is 0 Å². The van der Waals surface area contributed by atoms with E-state index >= 15 is 0 Å². The molecule has 0 saturated carbocycles. The first-order valence-electron chi connectivity index (χ1n) is 7.72. The molecule has 0 aromatic heterocycles. The maximum absolute atomic E-state index is 12.6. The van der Waals surface area contributed by atoms with Crippen LogP contribution >= 0.6 is 0 Å². The summed E-state index contributed by atoms with van der Waals surface area (Å²) in [5.41, 5.74) is 1.30. The first-order valence-corrected chi connectivity index (χ1v) is 7.72. The van der Waals surface area contributed by atoms with Crippen molar-refractivity contribution >= 4 is 29.2 Å². The molecule has 2 aromatic rings. The number of hydrogen-bond acceptors (Lipinski definition) is 4. The van der Waals surface area contributed by atoms with Gasteiger partial charge in [-0.05, 0) is 24.3 Å². The van der Waals surface area contributed by atoms with Gasteiger partial charge in [-0.3, -0.25) is 9.59 Å². The third-order valence-corrected chi connectivity index (χ3v) is 3.79. The van der Waals surface area contributed by atoms with Gasteiger partial charge in [-0.2, -0.15) is 0 Å². The highest BCUT2D eigenvalue weighted by Gasteiger charge is 2.23. The predicted molar refractivity (Wildman–Crippen MR) is 95.7 cm³/mol. The number of anilines is 2. The highest BCUT2D eigenvalue weighted by atomic mass is 16.5. The molecular formula is C19H20N2O4. The lowest BCUT2D eigenvalue weighted by atomic mass is 10.1. The average Bonchev–Trinajstić information content (AvgIpc) is 2.65. The number of esters is 1. The van der Waals surface area contributed by atoms with Crippen LogP contribution in [0.15, 0.2) is 54.6 Å². The quantitative estimate of drug-likeness (QED) is 0.784. The fourth-order valence-electron chi connectivity index (χ4n) is 2.39. The van der Waals surface area contributed by atoms with E-state index in [0.717, 1.165) is 5.69 Å². The Kier molecular flexibility index (Phi) is 5.89. The van der Waals surface area contributed by atoms with Crippen LogP contribution in [0.2, 0.25) is 0 Å². The van der Waals surface area contributed by atoms with Gasteiger partial charge in [0, 0.05) is 19.7 Å². The van der Waals surface area contributed by atoms with E-state index in [1.807, 2.05) is 18.2 Å². The Labute approximate surface area is 146 Å². The number of ether oxygens (including phenoxy) is 1. The number of para-hydroxylation sites is 2. The molecule has 0 N–H and O–H groups in total. The summed E-state index contributed by atoms with van der Waals surface area (Å²) in [7, 11) is 2.91. The molecule has 0 saturated heterocycles. The first kappa shape index (κ1) is 18.2. The standard InChI is InChI=1S/C19H20N2O4/c1-14(22)21(17-12-8-7-11-16(17)19(24)25-3)13-18(23)20(2)15-9-5-4-6-10-15/h4-12H,13H2,1-3H3. The van der Waals surface area contributed by atoms with Crippen LogP contribution < -0.4 is 9.80 Å². The minimum atomic E-state index is -0.564. The molecule has 0 heterocycles. The second kappa shape index (κ2) is 8.10. The number of hydrogen-bond donors (Lipinski definition) is 0. The summed E-state index contributed by atoms with van der Waals surface area (Å²) in [5.74, 6) is -1.18. The highest BCUT2D eigenvalue weighted by molar-refractivity contribution is 6.06. The summed E-state index contributed by atoms with van der Waals surface area (Å²) in [6.45, 7) is 1.17. The van der Waals surface area contributed by atoms with Gasteiger partial charge >= 0.3 is 5.97 Å². The molecule has 0 unspecified atom stereocenters. The van der Waals surface area contributed by atoms with E-state index < -0.39 is 5.97 Å². The average molecular weight is 340 g/mol. The van der Waals surface area contributed by atoms with E-state index in [9.17, 15) is 14.4 Å². The van der Waals surface area contributed by atoms with Crippen molar-refractivity contribution in [2.45, 2.75) is 6.92 Å². The van der Waals surface area contributed by atoms with E-state index in [0.29, 0.717) is 5.69 Å². The van der Waals surface area contributed by atoms with Crippen LogP contribution in [0.5, 0.6) is 0 Å². The van der Waals surface area contributed by atoms with E-state index in [4.69, 9.17) is 4.74 Å². The molecule has 0 spiro atoms. The monoisotopic (exact) mass is 340 g/mol. The maximum atomic E-state index is 12.6. The first-order chi connectivity index (χ1) is 12.0. The zero-order valence-electron chi connectivity index (χ0n) is 14.4. The molecule has 130 valence electrons. The zero-order valence-corrected chi connectivity index (χ0v) is 14.4. The molecule has 2 amide bonds. The number of likely N-dealkylation sites (N-methyl/N-ethyl adjacent to an activating group) is 1. The Morgan fingerprint density at radius 3 is 2.16 bits per heavy atom. The Hall–Kier alpha value is -3.15. The third kappa shape index (κ3) is 4.23. The highest BCUT2D eigenvalue weighted by Crippen LogP contribution is 2.22. The fraction of sp³-hybridized carbons (Fsp3) is 0.211. The summed E-state index contributed by atoms with van der Waals surface area (Å²) >= 11 is 0. The number of carbonyl (C=O) groups is 3. The zero-order chi connectivity index (χ0) is 18.4. The van der Waals surface area contributed by atoms with Gasteiger partial charge in [0.05, 0.1) is 18.4 Å². The van der Waals surface area contributed by atoms with Gasteiger partial charge in [0.2, 0.25) is 11.8 Å². The molecule has 0 atom stereocenters. The van der Waals surface area contributed by atoms with Crippen molar-refractivity contribution in [3.05, 3.63) is 60.2 Å². The molecule has 0 aliphatic heterocycles. The molecule has 0 bridgehead atoms. The van der Waals surface area contributed by atoms with E-state index in [2.05, 4.69) is 0 Å². The van der Waals surface area contributed by atoms with Gasteiger partial charge in [-0.1, -0.05) is 30.3 Å². The summed E-state index contributed by atoms with van der Waals surface area (Å²) < 4.78 is 4.76. The molecule has 6 heteroatoms. The van der Waals surface area contributed by atoms with E-state index in [-0.39, 0.29) is 23.9 Å².